The van der Waals surface area contributed by atoms with E-state index >= 15 is 0 Å². The topological polar surface area (TPSA) is 63.7 Å². The monoisotopic (exact) mass is 329 g/mol. The molecular weight excluding hydrogens is 306 g/mol. The third-order valence-corrected chi connectivity index (χ3v) is 3.68. The molecule has 0 aliphatic rings. The van der Waals surface area contributed by atoms with Gasteiger partial charge in [-0.15, -0.1) is 0 Å². The molecule has 0 fully saturated rings. The van der Waals surface area contributed by atoms with Gasteiger partial charge in [-0.2, -0.15) is 0 Å². The standard InChI is InChI=1S/C18H23N3O3/c1-21(2)17(14-6-5-9-19-12-14)18(22)20-11-13-7-8-15(23-3)16(10-13)24-4/h5-10,12,17H,11H2,1-4H3,(H,20,22). The SMILES string of the molecule is COc1ccc(CNC(=O)C(c2cccnc2)N(C)C)cc1OC. The van der Waals surface area contributed by atoms with Gasteiger partial charge in [-0.3, -0.25) is 14.7 Å². The van der Waals surface area contributed by atoms with Crippen molar-refractivity contribution in [1.82, 2.24) is 15.2 Å². The van der Waals surface area contributed by atoms with Crippen LogP contribution in [-0.4, -0.2) is 44.1 Å². The molecule has 2 aromatic rings. The summed E-state index contributed by atoms with van der Waals surface area (Å²) in [4.78, 5) is 18.6. The number of carbonyl (C=O) groups excluding carboxylic acids is 1. The molecule has 1 aromatic carbocycles. The van der Waals surface area contributed by atoms with E-state index in [-0.39, 0.29) is 11.9 Å². The maximum atomic E-state index is 12.6. The van der Waals surface area contributed by atoms with Gasteiger partial charge in [-0.1, -0.05) is 12.1 Å². The molecule has 1 unspecified atom stereocenters. The van der Waals surface area contributed by atoms with E-state index in [4.69, 9.17) is 9.47 Å². The van der Waals surface area contributed by atoms with E-state index in [9.17, 15) is 4.79 Å². The van der Waals surface area contributed by atoms with Crippen molar-refractivity contribution in [2.75, 3.05) is 28.3 Å². The highest BCUT2D eigenvalue weighted by molar-refractivity contribution is 5.83. The molecule has 0 aliphatic carbocycles. The van der Waals surface area contributed by atoms with Crippen molar-refractivity contribution < 1.29 is 14.3 Å². The maximum Gasteiger partial charge on any atom is 0.242 e. The molecule has 1 aromatic heterocycles. The predicted molar refractivity (Wildman–Crippen MR) is 92.1 cm³/mol. The zero-order valence-electron chi connectivity index (χ0n) is 14.4. The smallest absolute Gasteiger partial charge is 0.242 e. The first-order valence-electron chi connectivity index (χ1n) is 7.61. The zero-order chi connectivity index (χ0) is 17.5. The number of benzene rings is 1. The lowest BCUT2D eigenvalue weighted by molar-refractivity contribution is -0.125. The van der Waals surface area contributed by atoms with Crippen molar-refractivity contribution in [3.05, 3.63) is 53.9 Å². The van der Waals surface area contributed by atoms with E-state index < -0.39 is 0 Å². The lowest BCUT2D eigenvalue weighted by atomic mass is 10.1. The molecule has 24 heavy (non-hydrogen) atoms. The van der Waals surface area contributed by atoms with E-state index in [1.807, 2.05) is 49.3 Å². The van der Waals surface area contributed by atoms with E-state index in [1.165, 1.54) is 0 Å². The van der Waals surface area contributed by atoms with Gasteiger partial charge in [0.25, 0.3) is 0 Å². The molecule has 0 saturated carbocycles. The van der Waals surface area contributed by atoms with Gasteiger partial charge in [0.1, 0.15) is 6.04 Å². The van der Waals surface area contributed by atoms with Gasteiger partial charge in [0.2, 0.25) is 5.91 Å². The fourth-order valence-corrected chi connectivity index (χ4v) is 2.50. The Labute approximate surface area is 142 Å². The van der Waals surface area contributed by atoms with Crippen LogP contribution in [0.4, 0.5) is 0 Å². The lowest BCUT2D eigenvalue weighted by Gasteiger charge is -2.23. The molecule has 2 rings (SSSR count). The quantitative estimate of drug-likeness (QED) is 0.842. The summed E-state index contributed by atoms with van der Waals surface area (Å²) in [5, 5.41) is 2.96. The fraction of sp³-hybridized carbons (Fsp3) is 0.333. The van der Waals surface area contributed by atoms with Crippen LogP contribution in [0.5, 0.6) is 11.5 Å². The van der Waals surface area contributed by atoms with Crippen LogP contribution in [-0.2, 0) is 11.3 Å². The molecule has 1 heterocycles. The Kier molecular flexibility index (Phi) is 6.14. The highest BCUT2D eigenvalue weighted by atomic mass is 16.5. The highest BCUT2D eigenvalue weighted by Gasteiger charge is 2.22. The largest absolute Gasteiger partial charge is 0.493 e. The van der Waals surface area contributed by atoms with Crippen LogP contribution in [0, 0.1) is 0 Å². The van der Waals surface area contributed by atoms with E-state index in [0.717, 1.165) is 11.1 Å². The molecule has 0 spiro atoms. The van der Waals surface area contributed by atoms with Crippen molar-refractivity contribution in [3.63, 3.8) is 0 Å². The number of amides is 1. The van der Waals surface area contributed by atoms with Crippen LogP contribution in [0.3, 0.4) is 0 Å². The Balaban J connectivity index is 2.08. The molecule has 6 nitrogen and oxygen atoms in total. The minimum Gasteiger partial charge on any atom is -0.493 e. The fourth-order valence-electron chi connectivity index (χ4n) is 2.50. The predicted octanol–water partition coefficient (Wildman–Crippen LogP) is 2.02. The van der Waals surface area contributed by atoms with Gasteiger partial charge in [0, 0.05) is 18.9 Å². The molecule has 1 atom stereocenters. The normalized spacial score (nSPS) is 11.9. The van der Waals surface area contributed by atoms with Crippen LogP contribution in [0.15, 0.2) is 42.7 Å². The summed E-state index contributed by atoms with van der Waals surface area (Å²) in [6.07, 6.45) is 3.40. The highest BCUT2D eigenvalue weighted by Crippen LogP contribution is 2.27. The van der Waals surface area contributed by atoms with Crippen molar-refractivity contribution >= 4 is 5.91 Å². The lowest BCUT2D eigenvalue weighted by Crippen LogP contribution is -2.36. The Morgan fingerprint density at radius 1 is 1.21 bits per heavy atom. The Morgan fingerprint density at radius 2 is 1.96 bits per heavy atom. The number of hydrogen-bond donors (Lipinski definition) is 1. The molecule has 0 aliphatic heterocycles. The number of rotatable bonds is 7. The first kappa shape index (κ1) is 17.7. The number of ether oxygens (including phenoxy) is 2. The van der Waals surface area contributed by atoms with Crippen molar-refractivity contribution in [1.29, 1.82) is 0 Å². The summed E-state index contributed by atoms with van der Waals surface area (Å²) in [6, 6.07) is 8.91. The molecular formula is C18H23N3O3. The average Bonchev–Trinajstić information content (AvgIpc) is 2.60. The van der Waals surface area contributed by atoms with Crippen molar-refractivity contribution in [2.45, 2.75) is 12.6 Å². The van der Waals surface area contributed by atoms with Gasteiger partial charge in [-0.05, 0) is 43.4 Å². The van der Waals surface area contributed by atoms with Gasteiger partial charge < -0.3 is 14.8 Å². The first-order valence-corrected chi connectivity index (χ1v) is 7.61. The van der Waals surface area contributed by atoms with Crippen LogP contribution >= 0.6 is 0 Å². The summed E-state index contributed by atoms with van der Waals surface area (Å²) in [5.74, 6) is 1.22. The minimum absolute atomic E-state index is 0.0808. The number of aromatic nitrogens is 1. The van der Waals surface area contributed by atoms with Gasteiger partial charge in [-0.25, -0.2) is 0 Å². The third kappa shape index (κ3) is 4.23. The second-order valence-corrected chi connectivity index (χ2v) is 5.56. The Hall–Kier alpha value is -2.60. The van der Waals surface area contributed by atoms with E-state index in [2.05, 4.69) is 10.3 Å². The van der Waals surface area contributed by atoms with E-state index in [0.29, 0.717) is 18.0 Å². The third-order valence-electron chi connectivity index (χ3n) is 3.68. The van der Waals surface area contributed by atoms with Crippen LogP contribution in [0.2, 0.25) is 0 Å². The summed E-state index contributed by atoms with van der Waals surface area (Å²) in [6.45, 7) is 0.407. The van der Waals surface area contributed by atoms with Crippen LogP contribution < -0.4 is 14.8 Å². The molecule has 0 radical (unpaired) electrons. The van der Waals surface area contributed by atoms with Gasteiger partial charge in [0.15, 0.2) is 11.5 Å². The molecule has 128 valence electrons. The number of nitrogens with one attached hydrogen (secondary N) is 1. The molecule has 0 bridgehead atoms. The summed E-state index contributed by atoms with van der Waals surface area (Å²) in [7, 11) is 6.92. The number of nitrogens with zero attached hydrogens (tertiary/aromatic N) is 2. The number of hydrogen-bond acceptors (Lipinski definition) is 5. The summed E-state index contributed by atoms with van der Waals surface area (Å²) < 4.78 is 10.5. The number of pyridine rings is 1. The molecule has 1 N–H and O–H groups in total. The zero-order valence-corrected chi connectivity index (χ0v) is 14.4. The number of methoxy groups -OCH3 is 2. The minimum atomic E-state index is -0.390. The molecule has 6 heteroatoms. The second-order valence-electron chi connectivity index (χ2n) is 5.56. The summed E-state index contributed by atoms with van der Waals surface area (Å²) in [5.41, 5.74) is 1.79. The molecule has 0 saturated heterocycles. The van der Waals surface area contributed by atoms with Crippen LogP contribution in [0.1, 0.15) is 17.2 Å². The second kappa shape index (κ2) is 8.31. The van der Waals surface area contributed by atoms with E-state index in [1.54, 1.807) is 26.6 Å². The van der Waals surface area contributed by atoms with Gasteiger partial charge >= 0.3 is 0 Å². The summed E-state index contributed by atoms with van der Waals surface area (Å²) >= 11 is 0. The van der Waals surface area contributed by atoms with Crippen molar-refractivity contribution in [2.24, 2.45) is 0 Å². The Morgan fingerprint density at radius 3 is 2.54 bits per heavy atom. The van der Waals surface area contributed by atoms with Gasteiger partial charge in [0.05, 0.1) is 14.2 Å². The number of carbonyl (C=O) groups is 1. The van der Waals surface area contributed by atoms with Crippen LogP contribution in [0.25, 0.3) is 0 Å². The number of likely N-dealkylation sites (N-methyl/N-ethyl adjacent to an activating group) is 1. The maximum absolute atomic E-state index is 12.6. The average molecular weight is 329 g/mol. The Bertz CT molecular complexity index is 674. The van der Waals surface area contributed by atoms with Crippen molar-refractivity contribution in [3.8, 4) is 11.5 Å². The molecule has 1 amide bonds. The first-order chi connectivity index (χ1) is 11.6.